The number of anilines is 1. The first kappa shape index (κ1) is 40.3. The van der Waals surface area contributed by atoms with Crippen molar-refractivity contribution in [2.24, 2.45) is 0 Å². The van der Waals surface area contributed by atoms with E-state index in [2.05, 4.69) is 30.9 Å². The normalized spacial score (nSPS) is 16.3. The molecular formula is C43H50FN9O5. The molecule has 0 bridgehead atoms. The van der Waals surface area contributed by atoms with Crippen molar-refractivity contribution in [1.29, 1.82) is 0 Å². The zero-order valence-corrected chi connectivity index (χ0v) is 33.1. The number of aryl methyl sites for hydroxylation is 2. The molecule has 14 nitrogen and oxygen atoms in total. The number of hydrogen-bond acceptors (Lipinski definition) is 9. The number of amides is 3. The summed E-state index contributed by atoms with van der Waals surface area (Å²) in [5.74, 6) is -1.29. The standard InChI is InChI=1S/C43H50FN9O5/c1-4-36-33(39(48-31-14-18-58-19-15-31)34-24-47-53(5-2)40(34)50-36)23-46-42(55)38-11-7-10-37(49-38)41(54)45-22-28-12-13-35(44)32(21-28)30-9-6-8-29(20-30)26-51-16-17-52(43(56)57)27(3)25-51/h6-13,20-21,24,27,31H,4-5,14-19,22-23,25-26H2,1-3H3,(H,45,54)(H,46,55)(H,48,50)(H,56,57)/t27-/m0/s1. The molecule has 15 heteroatoms. The van der Waals surface area contributed by atoms with Crippen LogP contribution in [-0.4, -0.2) is 97.5 Å². The maximum absolute atomic E-state index is 15.2. The minimum atomic E-state index is -0.910. The molecule has 2 aliphatic rings. The molecule has 2 aromatic carbocycles. The van der Waals surface area contributed by atoms with E-state index in [1.54, 1.807) is 30.3 Å². The van der Waals surface area contributed by atoms with E-state index in [9.17, 15) is 19.5 Å². The molecule has 304 valence electrons. The number of nitrogens with one attached hydrogen (secondary N) is 3. The lowest BCUT2D eigenvalue weighted by molar-refractivity contribution is 0.0711. The fourth-order valence-corrected chi connectivity index (χ4v) is 7.78. The number of pyridine rings is 2. The van der Waals surface area contributed by atoms with Gasteiger partial charge in [-0.2, -0.15) is 5.10 Å². The number of hydrogen-bond donors (Lipinski definition) is 4. The Morgan fingerprint density at radius 3 is 2.36 bits per heavy atom. The summed E-state index contributed by atoms with van der Waals surface area (Å²) in [4.78, 5) is 51.3. The van der Waals surface area contributed by atoms with Crippen LogP contribution in [0.2, 0.25) is 0 Å². The van der Waals surface area contributed by atoms with Crippen LogP contribution in [0.5, 0.6) is 0 Å². The molecule has 5 heterocycles. The molecule has 1 atom stereocenters. The Balaban J connectivity index is 1.00. The molecule has 2 aliphatic heterocycles. The van der Waals surface area contributed by atoms with E-state index in [1.807, 2.05) is 55.9 Å². The van der Waals surface area contributed by atoms with Crippen LogP contribution in [0.4, 0.5) is 14.9 Å². The third-order valence-corrected chi connectivity index (χ3v) is 10.9. The number of piperazine rings is 1. The van der Waals surface area contributed by atoms with Crippen molar-refractivity contribution in [3.8, 4) is 11.1 Å². The highest BCUT2D eigenvalue weighted by atomic mass is 19.1. The van der Waals surface area contributed by atoms with E-state index < -0.39 is 17.9 Å². The van der Waals surface area contributed by atoms with Crippen molar-refractivity contribution >= 4 is 34.6 Å². The van der Waals surface area contributed by atoms with Crippen LogP contribution in [0, 0.1) is 5.82 Å². The minimum Gasteiger partial charge on any atom is -0.465 e. The number of nitrogens with zero attached hydrogens (tertiary/aromatic N) is 6. The number of rotatable bonds is 13. The van der Waals surface area contributed by atoms with Gasteiger partial charge in [-0.05, 0) is 80.1 Å². The second kappa shape index (κ2) is 18.1. The quantitative estimate of drug-likeness (QED) is 0.114. The van der Waals surface area contributed by atoms with E-state index in [4.69, 9.17) is 9.72 Å². The van der Waals surface area contributed by atoms with Gasteiger partial charge in [-0.3, -0.25) is 14.5 Å². The van der Waals surface area contributed by atoms with Gasteiger partial charge in [0.1, 0.15) is 17.2 Å². The van der Waals surface area contributed by atoms with Gasteiger partial charge in [-0.1, -0.05) is 37.3 Å². The lowest BCUT2D eigenvalue weighted by Gasteiger charge is -2.38. The molecule has 0 saturated carbocycles. The number of fused-ring (bicyclic) bond motifs is 1. The number of halogens is 1. The molecule has 0 unspecified atom stereocenters. The Morgan fingerprint density at radius 1 is 0.914 bits per heavy atom. The largest absolute Gasteiger partial charge is 0.465 e. The summed E-state index contributed by atoms with van der Waals surface area (Å²) in [6, 6.07) is 17.2. The monoisotopic (exact) mass is 791 g/mol. The molecule has 2 saturated heterocycles. The zero-order chi connectivity index (χ0) is 40.8. The van der Waals surface area contributed by atoms with Crippen LogP contribution >= 0.6 is 0 Å². The summed E-state index contributed by atoms with van der Waals surface area (Å²) in [7, 11) is 0. The number of benzene rings is 2. The maximum atomic E-state index is 15.2. The van der Waals surface area contributed by atoms with Crippen molar-refractivity contribution in [3.63, 3.8) is 0 Å². The van der Waals surface area contributed by atoms with Crippen molar-refractivity contribution < 1.29 is 28.6 Å². The number of carboxylic acid groups (broad SMARTS) is 1. The summed E-state index contributed by atoms with van der Waals surface area (Å²) in [6.45, 7) is 10.6. The highest BCUT2D eigenvalue weighted by molar-refractivity contribution is 5.97. The van der Waals surface area contributed by atoms with Crippen LogP contribution < -0.4 is 16.0 Å². The Hall–Kier alpha value is -5.93. The van der Waals surface area contributed by atoms with Gasteiger partial charge in [0.25, 0.3) is 11.8 Å². The molecule has 2 fully saturated rings. The molecule has 5 aromatic rings. The van der Waals surface area contributed by atoms with Gasteiger partial charge < -0.3 is 30.7 Å². The second-order valence-corrected chi connectivity index (χ2v) is 14.8. The Bertz CT molecular complexity index is 2290. The average molecular weight is 792 g/mol. The number of carbonyl (C=O) groups excluding carboxylic acids is 2. The van der Waals surface area contributed by atoms with Gasteiger partial charge in [0.2, 0.25) is 0 Å². The number of carbonyl (C=O) groups is 3. The van der Waals surface area contributed by atoms with E-state index in [0.29, 0.717) is 69.0 Å². The van der Waals surface area contributed by atoms with Crippen molar-refractivity contribution in [3.05, 3.63) is 106 Å². The fourth-order valence-electron chi connectivity index (χ4n) is 7.78. The fraction of sp³-hybridized carbons (Fsp3) is 0.395. The molecule has 58 heavy (non-hydrogen) atoms. The van der Waals surface area contributed by atoms with Gasteiger partial charge >= 0.3 is 6.09 Å². The summed E-state index contributed by atoms with van der Waals surface area (Å²) in [5.41, 5.74) is 6.41. The summed E-state index contributed by atoms with van der Waals surface area (Å²) in [6.07, 6.45) is 3.30. The molecule has 7 rings (SSSR count). The lowest BCUT2D eigenvalue weighted by Crippen LogP contribution is -2.53. The van der Waals surface area contributed by atoms with Crippen LogP contribution in [0.3, 0.4) is 0 Å². The van der Waals surface area contributed by atoms with E-state index in [1.165, 1.54) is 11.0 Å². The van der Waals surface area contributed by atoms with Gasteiger partial charge in [0.05, 0.1) is 17.3 Å². The number of aromatic nitrogens is 4. The smallest absolute Gasteiger partial charge is 0.407 e. The maximum Gasteiger partial charge on any atom is 0.407 e. The van der Waals surface area contributed by atoms with Crippen molar-refractivity contribution in [2.45, 2.75) is 78.3 Å². The van der Waals surface area contributed by atoms with Crippen LogP contribution in [0.1, 0.15) is 77.0 Å². The van der Waals surface area contributed by atoms with Crippen molar-refractivity contribution in [2.75, 3.05) is 38.2 Å². The zero-order valence-electron chi connectivity index (χ0n) is 33.1. The third-order valence-electron chi connectivity index (χ3n) is 10.9. The Kier molecular flexibility index (Phi) is 12.6. The summed E-state index contributed by atoms with van der Waals surface area (Å²) >= 11 is 0. The summed E-state index contributed by atoms with van der Waals surface area (Å²) in [5, 5.41) is 24.5. The van der Waals surface area contributed by atoms with Crippen LogP contribution in [0.15, 0.2) is 66.9 Å². The van der Waals surface area contributed by atoms with E-state index in [-0.39, 0.29) is 42.4 Å². The van der Waals surface area contributed by atoms with Gasteiger partial charge in [0.15, 0.2) is 5.65 Å². The van der Waals surface area contributed by atoms with Gasteiger partial charge in [-0.25, -0.2) is 23.8 Å². The van der Waals surface area contributed by atoms with Gasteiger partial charge in [-0.15, -0.1) is 0 Å². The predicted octanol–water partition coefficient (Wildman–Crippen LogP) is 5.85. The molecule has 3 amide bonds. The first-order valence-corrected chi connectivity index (χ1v) is 20.0. The summed E-state index contributed by atoms with van der Waals surface area (Å²) < 4.78 is 22.7. The molecule has 0 spiro atoms. The highest BCUT2D eigenvalue weighted by Crippen LogP contribution is 2.31. The second-order valence-electron chi connectivity index (χ2n) is 14.8. The SMILES string of the molecule is CCc1nc2c(cnn2CC)c(NC2CCOCC2)c1CNC(=O)c1cccc(C(=O)NCc2ccc(F)c(-c3cccc(CN4CCN(C(=O)O)[C@@H](C)C4)c3)c2)n1. The van der Waals surface area contributed by atoms with Gasteiger partial charge in [0, 0.05) is 87.9 Å². The van der Waals surface area contributed by atoms with Crippen molar-refractivity contribution in [1.82, 2.24) is 40.2 Å². The third kappa shape index (κ3) is 9.11. The van der Waals surface area contributed by atoms with E-state index in [0.717, 1.165) is 46.4 Å². The molecule has 0 aliphatic carbocycles. The molecular weight excluding hydrogens is 742 g/mol. The highest BCUT2D eigenvalue weighted by Gasteiger charge is 2.27. The molecule has 0 radical (unpaired) electrons. The van der Waals surface area contributed by atoms with Crippen LogP contribution in [-0.2, 0) is 37.3 Å². The molecule has 3 aromatic heterocycles. The number of ether oxygens (including phenoxy) is 1. The Morgan fingerprint density at radius 2 is 1.66 bits per heavy atom. The first-order valence-electron chi connectivity index (χ1n) is 20.0. The van der Waals surface area contributed by atoms with Crippen LogP contribution in [0.25, 0.3) is 22.2 Å². The first-order chi connectivity index (χ1) is 28.1. The minimum absolute atomic E-state index is 0.0763. The lowest BCUT2D eigenvalue weighted by atomic mass is 10.00. The predicted molar refractivity (Wildman–Crippen MR) is 218 cm³/mol. The van der Waals surface area contributed by atoms with E-state index >= 15 is 4.39 Å². The average Bonchev–Trinajstić information content (AvgIpc) is 3.66. The molecule has 4 N–H and O–H groups in total. The topological polar surface area (TPSA) is 167 Å². The Labute approximate surface area is 336 Å².